The molecule has 5 nitrogen and oxygen atoms in total. The molecule has 0 amide bonds. The molecule has 72 valence electrons. The van der Waals surface area contributed by atoms with Gasteiger partial charge in [-0.05, 0) is 6.42 Å². The van der Waals surface area contributed by atoms with Gasteiger partial charge in [0, 0.05) is 5.92 Å². The van der Waals surface area contributed by atoms with Crippen LogP contribution in [-0.4, -0.2) is 24.9 Å². The molecule has 1 aromatic heterocycles. The number of nitrogens with zero attached hydrogens (tertiary/aromatic N) is 1. The van der Waals surface area contributed by atoms with Gasteiger partial charge in [0.15, 0.2) is 9.84 Å². The fourth-order valence-corrected chi connectivity index (χ4v) is 3.28. The normalized spacial score (nSPS) is 26.3. The molecule has 2 N–H and O–H groups in total. The average Bonchev–Trinajstić information content (AvgIpc) is 2.56. The first-order chi connectivity index (χ1) is 6.07. The van der Waals surface area contributed by atoms with Gasteiger partial charge in [-0.3, -0.25) is 0 Å². The Balaban J connectivity index is 2.21. The SMILES string of the molecule is Nc1nc(C2CCS(=O)(=O)C2)co1. The Morgan fingerprint density at radius 3 is 2.85 bits per heavy atom. The number of aromatic nitrogens is 1. The molecule has 0 bridgehead atoms. The van der Waals surface area contributed by atoms with E-state index < -0.39 is 9.84 Å². The second kappa shape index (κ2) is 2.73. The first-order valence-corrected chi connectivity index (χ1v) is 5.80. The highest BCUT2D eigenvalue weighted by atomic mass is 32.2. The van der Waals surface area contributed by atoms with Crippen molar-refractivity contribution in [3.05, 3.63) is 12.0 Å². The lowest BCUT2D eigenvalue weighted by molar-refractivity contribution is 0.575. The minimum atomic E-state index is -2.86. The molecule has 0 radical (unpaired) electrons. The molecular formula is C7H10N2O3S. The van der Waals surface area contributed by atoms with Crippen molar-refractivity contribution in [3.8, 4) is 0 Å². The van der Waals surface area contributed by atoms with E-state index in [4.69, 9.17) is 10.2 Å². The van der Waals surface area contributed by atoms with Crippen molar-refractivity contribution in [2.75, 3.05) is 17.2 Å². The van der Waals surface area contributed by atoms with Crippen molar-refractivity contribution in [2.45, 2.75) is 12.3 Å². The molecule has 0 aromatic carbocycles. The van der Waals surface area contributed by atoms with E-state index in [2.05, 4.69) is 4.98 Å². The summed E-state index contributed by atoms with van der Waals surface area (Å²) in [5.41, 5.74) is 5.94. The average molecular weight is 202 g/mol. The summed E-state index contributed by atoms with van der Waals surface area (Å²) in [7, 11) is -2.86. The molecule has 1 unspecified atom stereocenters. The summed E-state index contributed by atoms with van der Waals surface area (Å²) in [4.78, 5) is 3.90. The number of rotatable bonds is 1. The zero-order chi connectivity index (χ0) is 9.47. The lowest BCUT2D eigenvalue weighted by Crippen LogP contribution is -2.04. The van der Waals surface area contributed by atoms with Crippen LogP contribution in [0.15, 0.2) is 10.7 Å². The number of hydrogen-bond donors (Lipinski definition) is 1. The van der Waals surface area contributed by atoms with Crippen LogP contribution in [-0.2, 0) is 9.84 Å². The molecule has 6 heteroatoms. The van der Waals surface area contributed by atoms with Gasteiger partial charge in [0.1, 0.15) is 6.26 Å². The van der Waals surface area contributed by atoms with E-state index in [0.717, 1.165) is 0 Å². The Labute approximate surface area is 75.9 Å². The summed E-state index contributed by atoms with van der Waals surface area (Å²) in [6, 6.07) is 0.0966. The van der Waals surface area contributed by atoms with Crippen LogP contribution >= 0.6 is 0 Å². The third kappa shape index (κ3) is 1.67. The van der Waals surface area contributed by atoms with Gasteiger partial charge < -0.3 is 10.2 Å². The standard InChI is InChI=1S/C7H10N2O3S/c8-7-9-6(3-12-7)5-1-2-13(10,11)4-5/h3,5H,1-2,4H2,(H2,8,9). The number of nitrogens with two attached hydrogens (primary N) is 1. The monoisotopic (exact) mass is 202 g/mol. The van der Waals surface area contributed by atoms with Crippen LogP contribution in [0.5, 0.6) is 0 Å². The molecule has 1 fully saturated rings. The van der Waals surface area contributed by atoms with Crippen molar-refractivity contribution in [1.82, 2.24) is 4.98 Å². The van der Waals surface area contributed by atoms with Crippen LogP contribution in [0.4, 0.5) is 6.01 Å². The van der Waals surface area contributed by atoms with Crippen molar-refractivity contribution in [3.63, 3.8) is 0 Å². The Morgan fingerprint density at radius 2 is 2.38 bits per heavy atom. The molecule has 0 spiro atoms. The molecule has 1 saturated heterocycles. The van der Waals surface area contributed by atoms with Crippen molar-refractivity contribution in [2.24, 2.45) is 0 Å². The summed E-state index contributed by atoms with van der Waals surface area (Å²) >= 11 is 0. The maximum Gasteiger partial charge on any atom is 0.292 e. The molecule has 13 heavy (non-hydrogen) atoms. The second-order valence-corrected chi connectivity index (χ2v) is 5.44. The Hall–Kier alpha value is -1.04. The number of sulfone groups is 1. The minimum absolute atomic E-state index is 0.0361. The van der Waals surface area contributed by atoms with E-state index in [0.29, 0.717) is 12.1 Å². The third-order valence-electron chi connectivity index (χ3n) is 2.19. The molecule has 1 aliphatic rings. The van der Waals surface area contributed by atoms with Crippen LogP contribution in [0.2, 0.25) is 0 Å². The van der Waals surface area contributed by atoms with E-state index >= 15 is 0 Å². The van der Waals surface area contributed by atoms with E-state index in [-0.39, 0.29) is 23.4 Å². The molecule has 2 heterocycles. The molecule has 0 saturated carbocycles. The Bertz CT molecular complexity index is 409. The van der Waals surface area contributed by atoms with Gasteiger partial charge in [0.25, 0.3) is 6.01 Å². The molecular weight excluding hydrogens is 192 g/mol. The van der Waals surface area contributed by atoms with Gasteiger partial charge in [-0.1, -0.05) is 0 Å². The summed E-state index contributed by atoms with van der Waals surface area (Å²) in [6.45, 7) is 0. The maximum atomic E-state index is 11.1. The first kappa shape index (κ1) is 8.55. The van der Waals surface area contributed by atoms with Gasteiger partial charge in [0.05, 0.1) is 17.2 Å². The summed E-state index contributed by atoms with van der Waals surface area (Å²) in [5.74, 6) is 0.370. The minimum Gasteiger partial charge on any atom is -0.432 e. The van der Waals surface area contributed by atoms with Crippen molar-refractivity contribution < 1.29 is 12.8 Å². The third-order valence-corrected chi connectivity index (χ3v) is 3.96. The van der Waals surface area contributed by atoms with E-state index in [9.17, 15) is 8.42 Å². The lowest BCUT2D eigenvalue weighted by atomic mass is 10.1. The molecule has 1 aromatic rings. The summed E-state index contributed by atoms with van der Waals surface area (Å²) in [6.07, 6.45) is 2.05. The number of nitrogen functional groups attached to an aromatic ring is 1. The van der Waals surface area contributed by atoms with Crippen molar-refractivity contribution >= 4 is 15.9 Å². The highest BCUT2D eigenvalue weighted by Gasteiger charge is 2.30. The molecule has 2 rings (SSSR count). The van der Waals surface area contributed by atoms with Crippen LogP contribution in [0, 0.1) is 0 Å². The van der Waals surface area contributed by atoms with Crippen molar-refractivity contribution in [1.29, 1.82) is 0 Å². The number of oxazole rings is 1. The van der Waals surface area contributed by atoms with Gasteiger partial charge in [0.2, 0.25) is 0 Å². The van der Waals surface area contributed by atoms with Gasteiger partial charge in [-0.15, -0.1) is 0 Å². The van der Waals surface area contributed by atoms with Gasteiger partial charge in [-0.2, -0.15) is 4.98 Å². The highest BCUT2D eigenvalue weighted by molar-refractivity contribution is 7.91. The van der Waals surface area contributed by atoms with Crippen LogP contribution in [0.1, 0.15) is 18.0 Å². The van der Waals surface area contributed by atoms with E-state index in [1.54, 1.807) is 0 Å². The van der Waals surface area contributed by atoms with Gasteiger partial charge in [-0.25, -0.2) is 8.42 Å². The predicted octanol–water partition coefficient (Wildman–Crippen LogP) is 0.159. The molecule has 1 aliphatic heterocycles. The highest BCUT2D eigenvalue weighted by Crippen LogP contribution is 2.28. The lowest BCUT2D eigenvalue weighted by Gasteiger charge is -1.99. The van der Waals surface area contributed by atoms with E-state index in [1.807, 2.05) is 0 Å². The first-order valence-electron chi connectivity index (χ1n) is 3.98. The summed E-state index contributed by atoms with van der Waals surface area (Å²) in [5, 5.41) is 0. The fourth-order valence-electron chi connectivity index (χ4n) is 1.52. The second-order valence-electron chi connectivity index (χ2n) is 3.21. The van der Waals surface area contributed by atoms with Crippen LogP contribution in [0.3, 0.4) is 0 Å². The zero-order valence-corrected chi connectivity index (χ0v) is 7.75. The summed E-state index contributed by atoms with van der Waals surface area (Å²) < 4.78 is 27.1. The zero-order valence-electron chi connectivity index (χ0n) is 6.93. The van der Waals surface area contributed by atoms with Crippen LogP contribution < -0.4 is 5.73 Å². The number of anilines is 1. The quantitative estimate of drug-likeness (QED) is 0.701. The predicted molar refractivity (Wildman–Crippen MR) is 46.9 cm³/mol. The van der Waals surface area contributed by atoms with Crippen LogP contribution in [0.25, 0.3) is 0 Å². The molecule has 0 aliphatic carbocycles. The topological polar surface area (TPSA) is 86.2 Å². The molecule has 1 atom stereocenters. The smallest absolute Gasteiger partial charge is 0.292 e. The Morgan fingerprint density at radius 1 is 1.62 bits per heavy atom. The maximum absolute atomic E-state index is 11.1. The fraction of sp³-hybridized carbons (Fsp3) is 0.571. The van der Waals surface area contributed by atoms with Gasteiger partial charge >= 0.3 is 0 Å². The number of hydrogen-bond acceptors (Lipinski definition) is 5. The Kier molecular flexibility index (Phi) is 1.80. The largest absolute Gasteiger partial charge is 0.432 e. The van der Waals surface area contributed by atoms with E-state index in [1.165, 1.54) is 6.26 Å².